The molecule has 7 atom stereocenters. The van der Waals surface area contributed by atoms with Crippen LogP contribution in [-0.2, 0) is 0 Å². The van der Waals surface area contributed by atoms with Crippen LogP contribution in [0.5, 0.6) is 11.9 Å². The van der Waals surface area contributed by atoms with Crippen LogP contribution in [0.4, 0.5) is 24.8 Å². The van der Waals surface area contributed by atoms with E-state index in [0.29, 0.717) is 36.7 Å². The number of halogens is 3. The van der Waals surface area contributed by atoms with Gasteiger partial charge in [-0.2, -0.15) is 9.97 Å². The van der Waals surface area contributed by atoms with Crippen molar-refractivity contribution < 1.29 is 27.8 Å². The molecule has 49 heavy (non-hydrogen) atoms. The SMILES string of the molecule is C#CC1C(F)C=CC2=CC(O)=CC(c3nc4c5c(nc(OC[C@@]67CCCN6C[C@H](F)C7)nc5c3F)N([C@H](C)c3cccnc3N)CCO4)C21. The van der Waals surface area contributed by atoms with Gasteiger partial charge in [-0.3, -0.25) is 4.90 Å². The van der Waals surface area contributed by atoms with Crippen molar-refractivity contribution in [1.82, 2.24) is 24.8 Å². The molecule has 2 fully saturated rings. The maximum atomic E-state index is 17.2. The fourth-order valence-electron chi connectivity index (χ4n) is 8.41. The standard InChI is InChI=1S/C36H36F3N7O3/c1-3-23-26(38)8-7-20-14-22(47)15-25(27(20)23)30-29(39)31-28-33(44-35(43-31)49-18-36-9-5-11-45(36)17-21(37)16-36)46(12-13-48-34(28)42-30)19(2)24-6-4-10-41-32(24)40/h1,4,6-8,10,14-15,19,21,23,25-27,47H,5,9,11-13,16-18H2,2H3,(H2,40,41)/t19-,21-,23?,25?,26?,27?,36+/m1/s1. The summed E-state index contributed by atoms with van der Waals surface area (Å²) in [5, 5.41) is 10.9. The summed E-state index contributed by atoms with van der Waals surface area (Å²) < 4.78 is 59.3. The van der Waals surface area contributed by atoms with Gasteiger partial charge in [0.1, 0.15) is 53.9 Å². The van der Waals surface area contributed by atoms with Gasteiger partial charge in [0.15, 0.2) is 5.82 Å². The Morgan fingerprint density at radius 3 is 2.94 bits per heavy atom. The Morgan fingerprint density at radius 2 is 2.12 bits per heavy atom. The minimum absolute atomic E-state index is 0.0835. The second-order valence-corrected chi connectivity index (χ2v) is 13.5. The predicted molar refractivity (Wildman–Crippen MR) is 177 cm³/mol. The number of rotatable bonds is 6. The minimum atomic E-state index is -1.47. The lowest BCUT2D eigenvalue weighted by Crippen LogP contribution is -2.43. The zero-order valence-corrected chi connectivity index (χ0v) is 26.9. The van der Waals surface area contributed by atoms with Gasteiger partial charge in [0, 0.05) is 36.6 Å². The molecule has 5 aliphatic rings. The Labute approximate surface area is 281 Å². The molecule has 254 valence electrons. The number of fused-ring (bicyclic) bond motifs is 2. The van der Waals surface area contributed by atoms with Crippen LogP contribution in [-0.4, -0.2) is 80.7 Å². The number of aliphatic hydroxyl groups excluding tert-OH is 1. The Bertz CT molecular complexity index is 1960. The van der Waals surface area contributed by atoms with Crippen LogP contribution < -0.4 is 20.1 Å². The number of nitrogens with two attached hydrogens (primary N) is 1. The normalized spacial score (nSPS) is 29.7. The molecule has 3 N–H and O–H groups in total. The van der Waals surface area contributed by atoms with E-state index < -0.39 is 41.5 Å². The number of anilines is 2. The molecule has 6 heterocycles. The average Bonchev–Trinajstić information content (AvgIpc) is 3.55. The van der Waals surface area contributed by atoms with Crippen LogP contribution >= 0.6 is 0 Å². The smallest absolute Gasteiger partial charge is 0.319 e. The Hall–Kier alpha value is -4.83. The molecule has 0 bridgehead atoms. The number of aliphatic hydroxyl groups is 1. The molecule has 0 amide bonds. The van der Waals surface area contributed by atoms with Crippen LogP contribution in [0, 0.1) is 30.0 Å². The van der Waals surface area contributed by atoms with Crippen molar-refractivity contribution in [3.05, 3.63) is 71.0 Å². The van der Waals surface area contributed by atoms with E-state index in [-0.39, 0.29) is 53.5 Å². The first kappa shape index (κ1) is 31.4. The number of pyridine rings is 2. The van der Waals surface area contributed by atoms with E-state index in [1.54, 1.807) is 18.3 Å². The van der Waals surface area contributed by atoms with Gasteiger partial charge in [-0.25, -0.2) is 23.1 Å². The Morgan fingerprint density at radius 1 is 1.27 bits per heavy atom. The highest BCUT2D eigenvalue weighted by molar-refractivity contribution is 5.95. The number of nitrogens with zero attached hydrogens (tertiary/aromatic N) is 6. The maximum Gasteiger partial charge on any atom is 0.319 e. The largest absolute Gasteiger partial charge is 0.508 e. The summed E-state index contributed by atoms with van der Waals surface area (Å²) in [5.41, 5.74) is 6.88. The number of aromatic nitrogens is 4. The van der Waals surface area contributed by atoms with E-state index in [9.17, 15) is 9.50 Å². The summed E-state index contributed by atoms with van der Waals surface area (Å²) in [5.74, 6) is -0.197. The number of allylic oxidation sites excluding steroid dienone is 5. The summed E-state index contributed by atoms with van der Waals surface area (Å²) in [4.78, 5) is 22.4. The molecule has 3 aromatic rings. The molecule has 13 heteroatoms. The minimum Gasteiger partial charge on any atom is -0.508 e. The van der Waals surface area contributed by atoms with Crippen molar-refractivity contribution in [1.29, 1.82) is 0 Å². The predicted octanol–water partition coefficient (Wildman–Crippen LogP) is 5.30. The molecule has 3 aromatic heterocycles. The lowest BCUT2D eigenvalue weighted by Gasteiger charge is -2.36. The molecular formula is C36H36F3N7O3. The lowest BCUT2D eigenvalue weighted by molar-refractivity contribution is 0.107. The molecule has 2 saturated heterocycles. The second-order valence-electron chi connectivity index (χ2n) is 13.5. The van der Waals surface area contributed by atoms with Crippen molar-refractivity contribution in [2.24, 2.45) is 11.8 Å². The van der Waals surface area contributed by atoms with Gasteiger partial charge in [0.2, 0.25) is 5.88 Å². The third-order valence-corrected chi connectivity index (χ3v) is 10.7. The van der Waals surface area contributed by atoms with Gasteiger partial charge in [0.05, 0.1) is 29.7 Å². The van der Waals surface area contributed by atoms with Gasteiger partial charge in [-0.05, 0) is 56.2 Å². The third kappa shape index (κ3) is 5.15. The van der Waals surface area contributed by atoms with E-state index in [2.05, 4.69) is 25.8 Å². The van der Waals surface area contributed by atoms with Crippen LogP contribution in [0.15, 0.2) is 54.0 Å². The third-order valence-electron chi connectivity index (χ3n) is 10.7. The summed E-state index contributed by atoms with van der Waals surface area (Å²) in [7, 11) is 0. The summed E-state index contributed by atoms with van der Waals surface area (Å²) >= 11 is 0. The van der Waals surface area contributed by atoms with Crippen molar-refractivity contribution in [2.45, 2.75) is 56.0 Å². The Kier molecular flexibility index (Phi) is 7.66. The zero-order chi connectivity index (χ0) is 34.0. The van der Waals surface area contributed by atoms with Crippen LogP contribution in [0.25, 0.3) is 10.9 Å². The van der Waals surface area contributed by atoms with Crippen molar-refractivity contribution in [3.8, 4) is 24.2 Å². The Balaban J connectivity index is 1.28. The highest BCUT2D eigenvalue weighted by atomic mass is 19.1. The summed E-state index contributed by atoms with van der Waals surface area (Å²) in [6, 6.07) is 3.20. The van der Waals surface area contributed by atoms with Crippen LogP contribution in [0.2, 0.25) is 0 Å². The van der Waals surface area contributed by atoms with Gasteiger partial charge in [-0.15, -0.1) is 6.42 Å². The first-order chi connectivity index (χ1) is 23.7. The maximum absolute atomic E-state index is 17.2. The number of alkyl halides is 2. The van der Waals surface area contributed by atoms with Crippen molar-refractivity contribution in [3.63, 3.8) is 0 Å². The van der Waals surface area contributed by atoms with E-state index in [4.69, 9.17) is 26.6 Å². The van der Waals surface area contributed by atoms with Crippen LogP contribution in [0.3, 0.4) is 0 Å². The molecule has 4 unspecified atom stereocenters. The molecule has 0 radical (unpaired) electrons. The number of terminal acetylenes is 1. The van der Waals surface area contributed by atoms with Gasteiger partial charge >= 0.3 is 6.01 Å². The van der Waals surface area contributed by atoms with Crippen LogP contribution in [0.1, 0.15) is 49.4 Å². The molecule has 0 saturated carbocycles. The number of hydrogen-bond acceptors (Lipinski definition) is 10. The molecule has 0 spiro atoms. The average molecular weight is 672 g/mol. The molecule has 8 rings (SSSR count). The first-order valence-corrected chi connectivity index (χ1v) is 16.6. The van der Waals surface area contributed by atoms with Crippen molar-refractivity contribution >= 4 is 22.5 Å². The second kappa shape index (κ2) is 11.9. The number of nitrogen functional groups attached to an aromatic ring is 1. The van der Waals surface area contributed by atoms with Gasteiger partial charge < -0.3 is 25.2 Å². The highest BCUT2D eigenvalue weighted by Gasteiger charge is 2.49. The molecular weight excluding hydrogens is 635 g/mol. The molecule has 2 aliphatic carbocycles. The fraction of sp³-hybridized carbons (Fsp3) is 0.444. The van der Waals surface area contributed by atoms with E-state index in [1.165, 1.54) is 18.2 Å². The first-order valence-electron chi connectivity index (χ1n) is 16.6. The fourth-order valence-corrected chi connectivity index (χ4v) is 8.41. The topological polar surface area (TPSA) is 123 Å². The number of ether oxygens (including phenoxy) is 2. The van der Waals surface area contributed by atoms with E-state index in [0.717, 1.165) is 24.9 Å². The molecule has 0 aromatic carbocycles. The monoisotopic (exact) mass is 671 g/mol. The molecule has 10 nitrogen and oxygen atoms in total. The van der Waals surface area contributed by atoms with Gasteiger partial charge in [-0.1, -0.05) is 18.1 Å². The van der Waals surface area contributed by atoms with Crippen molar-refractivity contribution in [2.75, 3.05) is 43.5 Å². The molecule has 3 aliphatic heterocycles. The zero-order valence-electron chi connectivity index (χ0n) is 26.9. The quantitative estimate of drug-likeness (QED) is 0.334. The van der Waals surface area contributed by atoms with E-state index >= 15 is 8.78 Å². The van der Waals surface area contributed by atoms with E-state index in [1.807, 2.05) is 17.9 Å². The highest BCUT2D eigenvalue weighted by Crippen LogP contribution is 2.48. The van der Waals surface area contributed by atoms with Gasteiger partial charge in [0.25, 0.3) is 0 Å². The lowest BCUT2D eigenvalue weighted by atomic mass is 9.68. The summed E-state index contributed by atoms with van der Waals surface area (Å²) in [6.07, 6.45) is 12.9. The number of hydrogen-bond donors (Lipinski definition) is 2. The summed E-state index contributed by atoms with van der Waals surface area (Å²) in [6.45, 7) is 3.68.